The van der Waals surface area contributed by atoms with E-state index in [2.05, 4.69) is 17.4 Å². The summed E-state index contributed by atoms with van der Waals surface area (Å²) >= 11 is 0. The molecule has 2 amide bonds. The van der Waals surface area contributed by atoms with Crippen molar-refractivity contribution in [2.75, 3.05) is 46.1 Å². The van der Waals surface area contributed by atoms with E-state index in [1.165, 1.54) is 5.56 Å². The van der Waals surface area contributed by atoms with Gasteiger partial charge in [0.05, 0.1) is 19.8 Å². The van der Waals surface area contributed by atoms with Crippen LogP contribution in [-0.2, 0) is 15.9 Å². The molecule has 5 nitrogen and oxygen atoms in total. The van der Waals surface area contributed by atoms with Crippen molar-refractivity contribution in [1.29, 1.82) is 0 Å². The summed E-state index contributed by atoms with van der Waals surface area (Å²) in [6.45, 7) is 4.68. The molecular formula is C16H24N2O3. The maximum absolute atomic E-state index is 11.8. The fraction of sp³-hybridized carbons (Fsp3) is 0.562. The van der Waals surface area contributed by atoms with Crippen molar-refractivity contribution in [2.45, 2.75) is 12.8 Å². The van der Waals surface area contributed by atoms with E-state index in [9.17, 15) is 4.79 Å². The van der Waals surface area contributed by atoms with Crippen molar-refractivity contribution in [1.82, 2.24) is 10.2 Å². The van der Waals surface area contributed by atoms with Crippen molar-refractivity contribution < 1.29 is 14.3 Å². The number of morpholine rings is 1. The number of nitrogens with one attached hydrogen (secondary N) is 1. The molecule has 0 saturated carbocycles. The van der Waals surface area contributed by atoms with Crippen LogP contribution in [0.1, 0.15) is 12.0 Å². The lowest BCUT2D eigenvalue weighted by molar-refractivity contribution is 0.0530. The number of carbonyl (C=O) groups is 1. The van der Waals surface area contributed by atoms with Gasteiger partial charge in [-0.25, -0.2) is 4.79 Å². The second-order valence-electron chi connectivity index (χ2n) is 5.03. The van der Waals surface area contributed by atoms with Gasteiger partial charge in [-0.05, 0) is 18.4 Å². The Hall–Kier alpha value is -1.59. The van der Waals surface area contributed by atoms with Gasteiger partial charge in [-0.1, -0.05) is 30.3 Å². The molecule has 0 radical (unpaired) electrons. The highest BCUT2D eigenvalue weighted by Gasteiger charge is 2.15. The van der Waals surface area contributed by atoms with Crippen molar-refractivity contribution in [3.05, 3.63) is 35.9 Å². The molecule has 1 aromatic carbocycles. The monoisotopic (exact) mass is 292 g/mol. The van der Waals surface area contributed by atoms with Crippen LogP contribution in [0.5, 0.6) is 0 Å². The van der Waals surface area contributed by atoms with Gasteiger partial charge in [-0.3, -0.25) is 0 Å². The van der Waals surface area contributed by atoms with Crippen LogP contribution in [0.2, 0.25) is 0 Å². The van der Waals surface area contributed by atoms with Crippen LogP contribution in [0.15, 0.2) is 30.3 Å². The molecule has 1 aromatic rings. The Labute approximate surface area is 126 Å². The van der Waals surface area contributed by atoms with Crippen LogP contribution in [0.4, 0.5) is 4.79 Å². The van der Waals surface area contributed by atoms with Gasteiger partial charge in [0.2, 0.25) is 0 Å². The van der Waals surface area contributed by atoms with Gasteiger partial charge >= 0.3 is 6.03 Å². The zero-order valence-electron chi connectivity index (χ0n) is 12.4. The highest BCUT2D eigenvalue weighted by Crippen LogP contribution is 2.00. The summed E-state index contributed by atoms with van der Waals surface area (Å²) in [5.74, 6) is 0. The van der Waals surface area contributed by atoms with Gasteiger partial charge in [0, 0.05) is 26.2 Å². The predicted octanol–water partition coefficient (Wildman–Crippen LogP) is 1.68. The number of carbonyl (C=O) groups excluding carboxylic acids is 1. The van der Waals surface area contributed by atoms with E-state index in [4.69, 9.17) is 9.47 Å². The normalized spacial score (nSPS) is 15.0. The number of nitrogens with zero attached hydrogens (tertiary/aromatic N) is 1. The van der Waals surface area contributed by atoms with E-state index in [0.717, 1.165) is 19.4 Å². The molecule has 1 saturated heterocycles. The first-order valence-corrected chi connectivity index (χ1v) is 7.58. The third-order valence-electron chi connectivity index (χ3n) is 3.42. The maximum atomic E-state index is 11.8. The lowest BCUT2D eigenvalue weighted by atomic mass is 10.2. The summed E-state index contributed by atoms with van der Waals surface area (Å²) in [6.07, 6.45) is 1.77. The summed E-state index contributed by atoms with van der Waals surface area (Å²) in [5, 5.41) is 2.91. The number of ether oxygens (including phenoxy) is 2. The smallest absolute Gasteiger partial charge is 0.317 e. The maximum Gasteiger partial charge on any atom is 0.317 e. The first-order chi connectivity index (χ1) is 10.4. The van der Waals surface area contributed by atoms with Crippen molar-refractivity contribution >= 4 is 6.03 Å². The summed E-state index contributed by atoms with van der Waals surface area (Å²) in [4.78, 5) is 13.6. The summed E-state index contributed by atoms with van der Waals surface area (Å²) in [7, 11) is 0. The van der Waals surface area contributed by atoms with Gasteiger partial charge < -0.3 is 19.7 Å². The minimum Gasteiger partial charge on any atom is -0.381 e. The Balaban J connectivity index is 1.45. The van der Waals surface area contributed by atoms with E-state index in [1.54, 1.807) is 4.90 Å². The summed E-state index contributed by atoms with van der Waals surface area (Å²) < 4.78 is 10.8. The summed E-state index contributed by atoms with van der Waals surface area (Å²) in [6, 6.07) is 10.3. The number of urea groups is 1. The molecule has 116 valence electrons. The highest BCUT2D eigenvalue weighted by molar-refractivity contribution is 5.74. The lowest BCUT2D eigenvalue weighted by Crippen LogP contribution is -2.46. The predicted molar refractivity (Wildman–Crippen MR) is 81.4 cm³/mol. The Kier molecular flexibility index (Phi) is 7.04. The minimum atomic E-state index is 0.00239. The van der Waals surface area contributed by atoms with Crippen LogP contribution < -0.4 is 5.32 Å². The molecule has 0 aliphatic carbocycles. The second kappa shape index (κ2) is 9.37. The van der Waals surface area contributed by atoms with Crippen LogP contribution in [0.25, 0.3) is 0 Å². The van der Waals surface area contributed by atoms with Crippen LogP contribution in [-0.4, -0.2) is 57.0 Å². The average molecular weight is 292 g/mol. The quantitative estimate of drug-likeness (QED) is 0.778. The number of amides is 2. The van der Waals surface area contributed by atoms with Crippen molar-refractivity contribution in [3.8, 4) is 0 Å². The molecular weight excluding hydrogens is 268 g/mol. The standard InChI is InChI=1S/C16H24N2O3/c19-16(18-9-13-21-14-10-18)17-8-4-11-20-12-7-15-5-2-1-3-6-15/h1-3,5-6H,4,7-14H2,(H,17,19). The number of benzene rings is 1. The fourth-order valence-corrected chi connectivity index (χ4v) is 2.18. The number of rotatable bonds is 7. The fourth-order valence-electron chi connectivity index (χ4n) is 2.18. The third-order valence-corrected chi connectivity index (χ3v) is 3.42. The van der Waals surface area contributed by atoms with Gasteiger partial charge in [0.15, 0.2) is 0 Å². The highest BCUT2D eigenvalue weighted by atomic mass is 16.5. The van der Waals surface area contributed by atoms with Gasteiger partial charge in [0.1, 0.15) is 0 Å². The van der Waals surface area contributed by atoms with Gasteiger partial charge in [-0.2, -0.15) is 0 Å². The molecule has 0 aromatic heterocycles. The van der Waals surface area contributed by atoms with E-state index >= 15 is 0 Å². The van der Waals surface area contributed by atoms with E-state index in [-0.39, 0.29) is 6.03 Å². The third kappa shape index (κ3) is 6.14. The van der Waals surface area contributed by atoms with E-state index in [1.807, 2.05) is 18.2 Å². The van der Waals surface area contributed by atoms with Crippen molar-refractivity contribution in [2.24, 2.45) is 0 Å². The Bertz CT molecular complexity index is 405. The van der Waals surface area contributed by atoms with Gasteiger partial charge in [-0.15, -0.1) is 0 Å². The topological polar surface area (TPSA) is 50.8 Å². The zero-order valence-corrected chi connectivity index (χ0v) is 12.4. The Morgan fingerprint density at radius 1 is 1.19 bits per heavy atom. The molecule has 1 aliphatic heterocycles. The second-order valence-corrected chi connectivity index (χ2v) is 5.03. The molecule has 5 heteroatoms. The van der Waals surface area contributed by atoms with Crippen molar-refractivity contribution in [3.63, 3.8) is 0 Å². The summed E-state index contributed by atoms with van der Waals surface area (Å²) in [5.41, 5.74) is 1.29. The Morgan fingerprint density at radius 2 is 1.95 bits per heavy atom. The van der Waals surface area contributed by atoms with E-state index < -0.39 is 0 Å². The molecule has 1 fully saturated rings. The lowest BCUT2D eigenvalue weighted by Gasteiger charge is -2.26. The minimum absolute atomic E-state index is 0.00239. The molecule has 1 heterocycles. The largest absolute Gasteiger partial charge is 0.381 e. The average Bonchev–Trinajstić information content (AvgIpc) is 2.55. The van der Waals surface area contributed by atoms with E-state index in [0.29, 0.717) is 39.5 Å². The number of hydrogen-bond donors (Lipinski definition) is 1. The Morgan fingerprint density at radius 3 is 2.71 bits per heavy atom. The molecule has 1 N–H and O–H groups in total. The number of hydrogen-bond acceptors (Lipinski definition) is 3. The first-order valence-electron chi connectivity index (χ1n) is 7.58. The SMILES string of the molecule is O=C(NCCCOCCc1ccccc1)N1CCOCC1. The molecule has 2 rings (SSSR count). The molecule has 1 aliphatic rings. The molecule has 0 atom stereocenters. The zero-order chi connectivity index (χ0) is 14.8. The molecule has 0 spiro atoms. The molecule has 0 bridgehead atoms. The first kappa shape index (κ1) is 15.8. The van der Waals surface area contributed by atoms with Crippen LogP contribution in [0.3, 0.4) is 0 Å². The molecule has 0 unspecified atom stereocenters. The van der Waals surface area contributed by atoms with Crippen LogP contribution in [0, 0.1) is 0 Å². The van der Waals surface area contributed by atoms with Gasteiger partial charge in [0.25, 0.3) is 0 Å². The van der Waals surface area contributed by atoms with Crippen LogP contribution >= 0.6 is 0 Å². The molecule has 21 heavy (non-hydrogen) atoms.